The van der Waals surface area contributed by atoms with E-state index in [4.69, 9.17) is 0 Å². The molecule has 0 aliphatic carbocycles. The maximum Gasteiger partial charge on any atom is 0.357 e. The van der Waals surface area contributed by atoms with Gasteiger partial charge < -0.3 is 20.1 Å². The van der Waals surface area contributed by atoms with Crippen LogP contribution >= 0.6 is 0 Å². The SMILES string of the molecule is C=C(NC(=O)c1ccccc1)C(=O)N/C(=C\OC)C(=O)OC. The number of amides is 2. The van der Waals surface area contributed by atoms with Crippen LogP contribution in [0.3, 0.4) is 0 Å². The number of ether oxygens (including phenoxy) is 2. The second-order valence-electron chi connectivity index (χ2n) is 4.01. The standard InChI is InChI=1S/C15H16N2O5/c1-10(16-14(19)11-7-5-4-6-8-11)13(18)17-12(9-21-2)15(20)22-3/h4-9H,1H2,2-3H3,(H,16,19)(H,17,18)/b12-9-. The highest BCUT2D eigenvalue weighted by Crippen LogP contribution is 2.01. The van der Waals surface area contributed by atoms with Gasteiger partial charge in [-0.2, -0.15) is 0 Å². The zero-order chi connectivity index (χ0) is 16.5. The molecule has 0 unspecified atom stereocenters. The minimum atomic E-state index is -0.794. The first-order chi connectivity index (χ1) is 10.5. The molecule has 0 saturated carbocycles. The molecule has 1 rings (SSSR count). The number of nitrogens with one attached hydrogen (secondary N) is 2. The summed E-state index contributed by atoms with van der Waals surface area (Å²) >= 11 is 0. The molecular formula is C15H16N2O5. The van der Waals surface area contributed by atoms with E-state index in [0.717, 1.165) is 13.4 Å². The van der Waals surface area contributed by atoms with Gasteiger partial charge >= 0.3 is 5.97 Å². The predicted octanol–water partition coefficient (Wildman–Crippen LogP) is 0.707. The van der Waals surface area contributed by atoms with E-state index in [1.165, 1.54) is 7.11 Å². The van der Waals surface area contributed by atoms with Crippen molar-refractivity contribution in [2.24, 2.45) is 0 Å². The second-order valence-corrected chi connectivity index (χ2v) is 4.01. The van der Waals surface area contributed by atoms with Crippen molar-refractivity contribution in [3.63, 3.8) is 0 Å². The second kappa shape index (κ2) is 8.25. The van der Waals surface area contributed by atoms with Crippen LogP contribution in [0.5, 0.6) is 0 Å². The van der Waals surface area contributed by atoms with E-state index in [2.05, 4.69) is 26.7 Å². The number of carbonyl (C=O) groups is 3. The molecule has 0 spiro atoms. The van der Waals surface area contributed by atoms with Crippen molar-refractivity contribution < 1.29 is 23.9 Å². The van der Waals surface area contributed by atoms with Crippen LogP contribution in [0.1, 0.15) is 10.4 Å². The van der Waals surface area contributed by atoms with Gasteiger partial charge in [-0.15, -0.1) is 0 Å². The molecule has 0 heterocycles. The zero-order valence-electron chi connectivity index (χ0n) is 12.2. The van der Waals surface area contributed by atoms with Crippen LogP contribution in [0, 0.1) is 0 Å². The number of hydrogen-bond donors (Lipinski definition) is 2. The smallest absolute Gasteiger partial charge is 0.357 e. The Kier molecular flexibility index (Phi) is 6.36. The molecule has 2 amide bonds. The lowest BCUT2D eigenvalue weighted by Gasteiger charge is -2.10. The van der Waals surface area contributed by atoms with E-state index >= 15 is 0 Å². The van der Waals surface area contributed by atoms with Crippen molar-refractivity contribution in [3.05, 3.63) is 60.1 Å². The van der Waals surface area contributed by atoms with E-state index in [-0.39, 0.29) is 11.4 Å². The maximum absolute atomic E-state index is 11.9. The molecule has 0 saturated heterocycles. The summed E-state index contributed by atoms with van der Waals surface area (Å²) in [6.07, 6.45) is 1.01. The van der Waals surface area contributed by atoms with Crippen LogP contribution in [0.2, 0.25) is 0 Å². The van der Waals surface area contributed by atoms with Gasteiger partial charge in [0, 0.05) is 5.56 Å². The Morgan fingerprint density at radius 3 is 2.27 bits per heavy atom. The number of benzene rings is 1. The lowest BCUT2D eigenvalue weighted by atomic mass is 10.2. The highest BCUT2D eigenvalue weighted by molar-refractivity contribution is 6.05. The summed E-state index contributed by atoms with van der Waals surface area (Å²) in [6, 6.07) is 8.32. The van der Waals surface area contributed by atoms with Crippen LogP contribution in [0.15, 0.2) is 54.6 Å². The van der Waals surface area contributed by atoms with Crippen molar-refractivity contribution in [2.45, 2.75) is 0 Å². The third kappa shape index (κ3) is 4.78. The van der Waals surface area contributed by atoms with Crippen molar-refractivity contribution >= 4 is 17.8 Å². The van der Waals surface area contributed by atoms with Crippen LogP contribution in [-0.2, 0) is 19.1 Å². The molecule has 22 heavy (non-hydrogen) atoms. The molecule has 2 N–H and O–H groups in total. The van der Waals surface area contributed by atoms with Crippen LogP contribution < -0.4 is 10.6 Å². The molecule has 0 fully saturated rings. The average Bonchev–Trinajstić information content (AvgIpc) is 2.54. The lowest BCUT2D eigenvalue weighted by molar-refractivity contribution is -0.137. The van der Waals surface area contributed by atoms with Gasteiger partial charge in [0.15, 0.2) is 5.70 Å². The van der Waals surface area contributed by atoms with Crippen molar-refractivity contribution in [1.82, 2.24) is 10.6 Å². The van der Waals surface area contributed by atoms with Crippen LogP contribution in [-0.4, -0.2) is 32.0 Å². The van der Waals surface area contributed by atoms with E-state index < -0.39 is 17.8 Å². The quantitative estimate of drug-likeness (QED) is 0.458. The highest BCUT2D eigenvalue weighted by Gasteiger charge is 2.17. The summed E-state index contributed by atoms with van der Waals surface area (Å²) in [4.78, 5) is 35.2. The highest BCUT2D eigenvalue weighted by atomic mass is 16.5. The van der Waals surface area contributed by atoms with Gasteiger partial charge in [0.05, 0.1) is 19.9 Å². The average molecular weight is 304 g/mol. The number of esters is 1. The van der Waals surface area contributed by atoms with E-state index in [9.17, 15) is 14.4 Å². The zero-order valence-corrected chi connectivity index (χ0v) is 12.2. The molecule has 0 atom stereocenters. The molecule has 1 aromatic carbocycles. The van der Waals surface area contributed by atoms with Crippen LogP contribution in [0.25, 0.3) is 0 Å². The molecule has 0 aliphatic rings. The summed E-state index contributed by atoms with van der Waals surface area (Å²) in [6.45, 7) is 3.45. The monoisotopic (exact) mass is 304 g/mol. The Morgan fingerprint density at radius 2 is 1.73 bits per heavy atom. The fourth-order valence-corrected chi connectivity index (χ4v) is 1.41. The van der Waals surface area contributed by atoms with Gasteiger partial charge in [-0.3, -0.25) is 9.59 Å². The van der Waals surface area contributed by atoms with Gasteiger partial charge in [-0.05, 0) is 12.1 Å². The molecule has 0 aromatic heterocycles. The number of carbonyl (C=O) groups excluding carboxylic acids is 3. The minimum absolute atomic E-state index is 0.217. The lowest BCUT2D eigenvalue weighted by Crippen LogP contribution is -2.36. The molecule has 0 bridgehead atoms. The summed E-state index contributed by atoms with van der Waals surface area (Å²) in [5, 5.41) is 4.57. The molecule has 7 nitrogen and oxygen atoms in total. The fourth-order valence-electron chi connectivity index (χ4n) is 1.41. The largest absolute Gasteiger partial charge is 0.502 e. The Labute approximate surface area is 127 Å². The van der Waals surface area contributed by atoms with Crippen molar-refractivity contribution in [1.29, 1.82) is 0 Å². The summed E-state index contributed by atoms with van der Waals surface area (Å²) in [5.41, 5.74) is -0.0676. The normalized spacial score (nSPS) is 10.4. The first kappa shape index (κ1) is 17.0. The van der Waals surface area contributed by atoms with E-state index in [0.29, 0.717) is 5.56 Å². The van der Waals surface area contributed by atoms with Gasteiger partial charge in [-0.1, -0.05) is 24.8 Å². The Morgan fingerprint density at radius 1 is 1.09 bits per heavy atom. The summed E-state index contributed by atoms with van der Waals surface area (Å²) in [5.74, 6) is -2.05. The maximum atomic E-state index is 11.9. The Balaban J connectivity index is 2.69. The third-order valence-corrected chi connectivity index (χ3v) is 2.46. The summed E-state index contributed by atoms with van der Waals surface area (Å²) in [7, 11) is 2.46. The van der Waals surface area contributed by atoms with Crippen molar-refractivity contribution in [2.75, 3.05) is 14.2 Å². The van der Waals surface area contributed by atoms with Gasteiger partial charge in [0.2, 0.25) is 0 Å². The summed E-state index contributed by atoms with van der Waals surface area (Å²) < 4.78 is 9.14. The van der Waals surface area contributed by atoms with Crippen LogP contribution in [0.4, 0.5) is 0 Å². The topological polar surface area (TPSA) is 93.7 Å². The molecule has 1 aromatic rings. The first-order valence-electron chi connectivity index (χ1n) is 6.17. The molecular weight excluding hydrogens is 288 g/mol. The number of hydrogen-bond acceptors (Lipinski definition) is 5. The Bertz CT molecular complexity index is 608. The number of rotatable bonds is 6. The first-order valence-corrected chi connectivity index (χ1v) is 6.17. The molecule has 116 valence electrons. The van der Waals surface area contributed by atoms with Gasteiger partial charge in [0.1, 0.15) is 6.26 Å². The third-order valence-electron chi connectivity index (χ3n) is 2.46. The van der Waals surface area contributed by atoms with E-state index in [1.54, 1.807) is 30.3 Å². The fraction of sp³-hybridized carbons (Fsp3) is 0.133. The minimum Gasteiger partial charge on any atom is -0.502 e. The van der Waals surface area contributed by atoms with Crippen molar-refractivity contribution in [3.8, 4) is 0 Å². The number of methoxy groups -OCH3 is 2. The molecule has 0 aliphatic heterocycles. The van der Waals surface area contributed by atoms with Gasteiger partial charge in [-0.25, -0.2) is 4.79 Å². The molecule has 7 heteroatoms. The predicted molar refractivity (Wildman–Crippen MR) is 78.3 cm³/mol. The van der Waals surface area contributed by atoms with Gasteiger partial charge in [0.25, 0.3) is 11.8 Å². The Hall–Kier alpha value is -3.09. The molecule has 0 radical (unpaired) electrons. The van der Waals surface area contributed by atoms with E-state index in [1.807, 2.05) is 0 Å².